The van der Waals surface area contributed by atoms with E-state index in [4.69, 9.17) is 18.6 Å². The van der Waals surface area contributed by atoms with Crippen LogP contribution in [0.25, 0.3) is 11.1 Å². The SMILES string of the molecule is O=C(CN(CCN1CCOCC1)C(=O)c1ccc(-c2ccccc2)cc1)N(Cc1ccc2c(c1)OCO2)Cc1ccco1. The molecule has 3 aromatic carbocycles. The van der Waals surface area contributed by atoms with E-state index in [1.807, 2.05) is 78.9 Å². The van der Waals surface area contributed by atoms with Gasteiger partial charge in [-0.05, 0) is 53.1 Å². The molecule has 1 saturated heterocycles. The summed E-state index contributed by atoms with van der Waals surface area (Å²) in [7, 11) is 0. The zero-order chi connectivity index (χ0) is 29.4. The Morgan fingerprint density at radius 3 is 2.30 bits per heavy atom. The molecular formula is C34H35N3O6. The summed E-state index contributed by atoms with van der Waals surface area (Å²) < 4.78 is 22.1. The third kappa shape index (κ3) is 7.25. The van der Waals surface area contributed by atoms with Crippen LogP contribution in [0.15, 0.2) is 95.6 Å². The van der Waals surface area contributed by atoms with Crippen molar-refractivity contribution in [3.8, 4) is 22.6 Å². The molecule has 4 aromatic rings. The normalized spacial score (nSPS) is 14.4. The Balaban J connectivity index is 1.21. The zero-order valence-electron chi connectivity index (χ0n) is 24.0. The van der Waals surface area contributed by atoms with Crippen LogP contribution in [-0.4, -0.2) is 79.2 Å². The summed E-state index contributed by atoms with van der Waals surface area (Å²) in [5, 5.41) is 0. The molecule has 0 bridgehead atoms. The number of carbonyl (C=O) groups is 2. The number of amides is 2. The average Bonchev–Trinajstić information content (AvgIpc) is 3.75. The summed E-state index contributed by atoms with van der Waals surface area (Å²) in [4.78, 5) is 33.5. The van der Waals surface area contributed by atoms with E-state index in [1.54, 1.807) is 22.1 Å². The second-order valence-corrected chi connectivity index (χ2v) is 10.6. The van der Waals surface area contributed by atoms with E-state index >= 15 is 0 Å². The maximum Gasteiger partial charge on any atom is 0.254 e. The van der Waals surface area contributed by atoms with Crippen LogP contribution in [0.5, 0.6) is 11.5 Å². The minimum Gasteiger partial charge on any atom is -0.467 e. The molecule has 2 aliphatic rings. The number of carbonyl (C=O) groups excluding carboxylic acids is 2. The Morgan fingerprint density at radius 2 is 1.53 bits per heavy atom. The number of fused-ring (bicyclic) bond motifs is 1. The third-order valence-electron chi connectivity index (χ3n) is 7.73. The van der Waals surface area contributed by atoms with Gasteiger partial charge in [0.1, 0.15) is 12.3 Å². The van der Waals surface area contributed by atoms with E-state index in [9.17, 15) is 9.59 Å². The minimum atomic E-state index is -0.178. The second kappa shape index (κ2) is 13.6. The first-order chi connectivity index (χ1) is 21.1. The third-order valence-corrected chi connectivity index (χ3v) is 7.73. The number of benzene rings is 3. The number of hydrogen-bond acceptors (Lipinski definition) is 7. The Labute approximate surface area is 251 Å². The first kappa shape index (κ1) is 28.5. The number of morpholine rings is 1. The molecular weight excluding hydrogens is 546 g/mol. The molecule has 0 aliphatic carbocycles. The molecule has 0 N–H and O–H groups in total. The van der Waals surface area contributed by atoms with Crippen LogP contribution in [0, 0.1) is 0 Å². The highest BCUT2D eigenvalue weighted by Gasteiger charge is 2.25. The fraction of sp³-hybridized carbons (Fsp3) is 0.294. The van der Waals surface area contributed by atoms with E-state index in [2.05, 4.69) is 4.90 Å². The van der Waals surface area contributed by atoms with Gasteiger partial charge in [-0.25, -0.2) is 0 Å². The lowest BCUT2D eigenvalue weighted by Gasteiger charge is -2.31. The van der Waals surface area contributed by atoms with E-state index in [0.717, 1.165) is 29.8 Å². The Kier molecular flexibility index (Phi) is 9.01. The summed E-state index contributed by atoms with van der Waals surface area (Å²) in [6.07, 6.45) is 1.59. The van der Waals surface area contributed by atoms with Crippen LogP contribution in [0.1, 0.15) is 21.7 Å². The summed E-state index contributed by atoms with van der Waals surface area (Å²) in [5.74, 6) is 1.65. The van der Waals surface area contributed by atoms with Gasteiger partial charge in [0.25, 0.3) is 5.91 Å². The Morgan fingerprint density at radius 1 is 0.767 bits per heavy atom. The molecule has 1 aromatic heterocycles. The fourth-order valence-corrected chi connectivity index (χ4v) is 5.30. The smallest absolute Gasteiger partial charge is 0.254 e. The highest BCUT2D eigenvalue weighted by Crippen LogP contribution is 2.33. The van der Waals surface area contributed by atoms with Gasteiger partial charge in [0.15, 0.2) is 11.5 Å². The minimum absolute atomic E-state index is 0.0606. The molecule has 0 saturated carbocycles. The monoisotopic (exact) mass is 581 g/mol. The quantitative estimate of drug-likeness (QED) is 0.254. The van der Waals surface area contributed by atoms with Gasteiger partial charge in [-0.1, -0.05) is 48.5 Å². The highest BCUT2D eigenvalue weighted by atomic mass is 16.7. The number of hydrogen-bond donors (Lipinski definition) is 0. The molecule has 222 valence electrons. The van der Waals surface area contributed by atoms with E-state index < -0.39 is 0 Å². The van der Waals surface area contributed by atoms with Crippen LogP contribution in [0.3, 0.4) is 0 Å². The molecule has 43 heavy (non-hydrogen) atoms. The first-order valence-electron chi connectivity index (χ1n) is 14.6. The number of nitrogens with zero attached hydrogens (tertiary/aromatic N) is 3. The van der Waals surface area contributed by atoms with Gasteiger partial charge in [0.05, 0.1) is 26.0 Å². The molecule has 2 amide bonds. The number of ether oxygens (including phenoxy) is 3. The van der Waals surface area contributed by atoms with Crippen molar-refractivity contribution in [1.82, 2.24) is 14.7 Å². The van der Waals surface area contributed by atoms with Crippen molar-refractivity contribution in [2.75, 3.05) is 52.7 Å². The summed E-state index contributed by atoms with van der Waals surface area (Å²) in [6, 6.07) is 26.9. The van der Waals surface area contributed by atoms with Crippen molar-refractivity contribution in [3.05, 3.63) is 108 Å². The predicted molar refractivity (Wildman–Crippen MR) is 161 cm³/mol. The largest absolute Gasteiger partial charge is 0.467 e. The zero-order valence-corrected chi connectivity index (χ0v) is 24.0. The number of rotatable bonds is 11. The van der Waals surface area contributed by atoms with E-state index in [1.165, 1.54) is 0 Å². The topological polar surface area (TPSA) is 84.7 Å². The van der Waals surface area contributed by atoms with Crippen LogP contribution in [0.2, 0.25) is 0 Å². The van der Waals surface area contributed by atoms with Crippen molar-refractivity contribution in [1.29, 1.82) is 0 Å². The van der Waals surface area contributed by atoms with Crippen molar-refractivity contribution < 1.29 is 28.2 Å². The van der Waals surface area contributed by atoms with Crippen LogP contribution >= 0.6 is 0 Å². The molecule has 2 aliphatic heterocycles. The molecule has 0 unspecified atom stereocenters. The maximum absolute atomic E-state index is 13.9. The van der Waals surface area contributed by atoms with Gasteiger partial charge in [0.2, 0.25) is 12.7 Å². The van der Waals surface area contributed by atoms with Crippen LogP contribution < -0.4 is 9.47 Å². The first-order valence-corrected chi connectivity index (χ1v) is 14.6. The fourth-order valence-electron chi connectivity index (χ4n) is 5.30. The molecule has 3 heterocycles. The van der Waals surface area contributed by atoms with Crippen molar-refractivity contribution in [3.63, 3.8) is 0 Å². The van der Waals surface area contributed by atoms with E-state index in [0.29, 0.717) is 55.7 Å². The van der Waals surface area contributed by atoms with Crippen molar-refractivity contribution in [2.24, 2.45) is 0 Å². The second-order valence-electron chi connectivity index (χ2n) is 10.6. The van der Waals surface area contributed by atoms with Crippen LogP contribution in [0.4, 0.5) is 0 Å². The average molecular weight is 582 g/mol. The standard InChI is InChI=1S/C34H35N3O6/c38-33(37(23-30-7-4-18-41-30)22-26-8-13-31-32(21-26)43-25-42-31)24-36(15-14-35-16-19-40-20-17-35)34(39)29-11-9-28(10-12-29)27-5-2-1-3-6-27/h1-13,18,21H,14-17,19-20,22-25H2. The summed E-state index contributed by atoms with van der Waals surface area (Å²) in [5.41, 5.74) is 3.55. The van der Waals surface area contributed by atoms with Crippen molar-refractivity contribution >= 4 is 11.8 Å². The van der Waals surface area contributed by atoms with Gasteiger partial charge >= 0.3 is 0 Å². The molecule has 9 heteroatoms. The molecule has 6 rings (SSSR count). The highest BCUT2D eigenvalue weighted by molar-refractivity contribution is 5.97. The maximum atomic E-state index is 13.9. The van der Waals surface area contributed by atoms with Gasteiger partial charge in [0, 0.05) is 38.3 Å². The summed E-state index contributed by atoms with van der Waals surface area (Å²) in [6.45, 7) is 4.74. The molecule has 1 fully saturated rings. The lowest BCUT2D eigenvalue weighted by Crippen LogP contribution is -2.47. The molecule has 9 nitrogen and oxygen atoms in total. The molecule has 0 spiro atoms. The molecule has 0 atom stereocenters. The summed E-state index contributed by atoms with van der Waals surface area (Å²) >= 11 is 0. The Hall–Kier alpha value is -4.60. The van der Waals surface area contributed by atoms with Gasteiger partial charge in [-0.15, -0.1) is 0 Å². The van der Waals surface area contributed by atoms with E-state index in [-0.39, 0.29) is 31.7 Å². The van der Waals surface area contributed by atoms with Crippen LogP contribution in [-0.2, 0) is 22.6 Å². The predicted octanol–water partition coefficient (Wildman–Crippen LogP) is 4.68. The van der Waals surface area contributed by atoms with Crippen molar-refractivity contribution in [2.45, 2.75) is 13.1 Å². The lowest BCUT2D eigenvalue weighted by molar-refractivity contribution is -0.133. The molecule has 0 radical (unpaired) electrons. The Bertz CT molecular complexity index is 1500. The lowest BCUT2D eigenvalue weighted by atomic mass is 10.0. The van der Waals surface area contributed by atoms with Gasteiger partial charge < -0.3 is 28.4 Å². The van der Waals surface area contributed by atoms with Gasteiger partial charge in [-0.2, -0.15) is 0 Å². The van der Waals surface area contributed by atoms with Gasteiger partial charge in [-0.3, -0.25) is 14.5 Å². The number of furan rings is 1.